The Morgan fingerprint density at radius 3 is 2.48 bits per heavy atom. The van der Waals surface area contributed by atoms with Crippen molar-refractivity contribution >= 4 is 41.1 Å². The standard InChI is InChI=1S/C31H44ClF3N4O7/c1-7-25(41)36-11-13-38-23-15-21(22(31(33,34)35)16-24(23)46-30(6,10-14-40)28(38)43)27(42)39(19(4)5)20-9-8-12-37(17-20)29(44)45-26(32)18(2)3/h15-16,18-20,26,40H,7-14,17H2,1-6H3,(H,36,41)/t20-,26?,30+/m1/s1. The van der Waals surface area contributed by atoms with Crippen LogP contribution in [-0.2, 0) is 20.5 Å². The van der Waals surface area contributed by atoms with Crippen molar-refractivity contribution in [3.05, 3.63) is 23.3 Å². The maximum atomic E-state index is 14.6. The second-order valence-electron chi connectivity index (χ2n) is 12.4. The number of carbonyl (C=O) groups excluding carboxylic acids is 4. The average Bonchev–Trinajstić information content (AvgIpc) is 2.98. The Kier molecular flexibility index (Phi) is 12.2. The number of hydrogen-bond acceptors (Lipinski definition) is 7. The van der Waals surface area contributed by atoms with Crippen molar-refractivity contribution in [3.63, 3.8) is 0 Å². The summed E-state index contributed by atoms with van der Waals surface area (Å²) in [5, 5.41) is 12.2. The zero-order valence-corrected chi connectivity index (χ0v) is 27.8. The first kappa shape index (κ1) is 37.2. The average molecular weight is 677 g/mol. The molecular formula is C31H44ClF3N4O7. The number of benzene rings is 1. The van der Waals surface area contributed by atoms with Crippen molar-refractivity contribution in [3.8, 4) is 5.75 Å². The number of piperidine rings is 1. The summed E-state index contributed by atoms with van der Waals surface area (Å²) in [5.74, 6) is -2.29. The Hall–Kier alpha value is -3.26. The van der Waals surface area contributed by atoms with E-state index in [9.17, 15) is 37.5 Å². The fourth-order valence-corrected chi connectivity index (χ4v) is 5.67. The molecule has 4 amide bonds. The molecule has 0 bridgehead atoms. The normalized spacial score (nSPS) is 20.7. The van der Waals surface area contributed by atoms with E-state index in [1.54, 1.807) is 34.6 Å². The van der Waals surface area contributed by atoms with Crippen molar-refractivity contribution in [1.29, 1.82) is 0 Å². The van der Waals surface area contributed by atoms with Gasteiger partial charge < -0.3 is 34.6 Å². The van der Waals surface area contributed by atoms with E-state index < -0.39 is 65.1 Å². The van der Waals surface area contributed by atoms with Gasteiger partial charge in [-0.15, -0.1) is 0 Å². The molecule has 1 saturated heterocycles. The second kappa shape index (κ2) is 15.1. The maximum Gasteiger partial charge on any atom is 0.417 e. The van der Waals surface area contributed by atoms with Gasteiger partial charge in [-0.05, 0) is 45.7 Å². The minimum atomic E-state index is -4.98. The van der Waals surface area contributed by atoms with Crippen LogP contribution < -0.4 is 15.0 Å². The molecule has 0 saturated carbocycles. The molecule has 2 aliphatic heterocycles. The first-order chi connectivity index (χ1) is 21.4. The van der Waals surface area contributed by atoms with E-state index in [-0.39, 0.29) is 55.7 Å². The molecule has 46 heavy (non-hydrogen) atoms. The number of halogens is 4. The zero-order valence-electron chi connectivity index (χ0n) is 27.1. The second-order valence-corrected chi connectivity index (χ2v) is 12.8. The van der Waals surface area contributed by atoms with Gasteiger partial charge in [-0.2, -0.15) is 13.2 Å². The van der Waals surface area contributed by atoms with Crippen molar-refractivity contribution < 1.29 is 46.9 Å². The topological polar surface area (TPSA) is 129 Å². The number of rotatable bonds is 11. The van der Waals surface area contributed by atoms with Crippen molar-refractivity contribution in [2.24, 2.45) is 5.92 Å². The Morgan fingerprint density at radius 1 is 1.24 bits per heavy atom. The number of aliphatic hydroxyl groups excluding tert-OH is 1. The summed E-state index contributed by atoms with van der Waals surface area (Å²) < 4.78 is 55.0. The third-order valence-electron chi connectivity index (χ3n) is 8.10. The Balaban J connectivity index is 2.06. The number of amides is 4. The van der Waals surface area contributed by atoms with Crippen molar-refractivity contribution in [2.45, 2.75) is 96.6 Å². The summed E-state index contributed by atoms with van der Waals surface area (Å²) in [6.45, 7) is 9.69. The van der Waals surface area contributed by atoms with Crippen LogP contribution >= 0.6 is 11.6 Å². The number of nitrogens with zero attached hydrogens (tertiary/aromatic N) is 3. The van der Waals surface area contributed by atoms with Crippen LogP contribution in [0.3, 0.4) is 0 Å². The van der Waals surface area contributed by atoms with E-state index >= 15 is 0 Å². The first-order valence-electron chi connectivity index (χ1n) is 15.5. The lowest BCUT2D eigenvalue weighted by Gasteiger charge is -2.43. The molecular weight excluding hydrogens is 633 g/mol. The fraction of sp³-hybridized carbons (Fsp3) is 0.677. The van der Waals surface area contributed by atoms with Crippen LogP contribution in [0.25, 0.3) is 0 Å². The Morgan fingerprint density at radius 2 is 1.91 bits per heavy atom. The monoisotopic (exact) mass is 676 g/mol. The van der Waals surface area contributed by atoms with Crippen molar-refractivity contribution in [1.82, 2.24) is 15.1 Å². The van der Waals surface area contributed by atoms with Gasteiger partial charge in [0.2, 0.25) is 5.91 Å². The van der Waals surface area contributed by atoms with Gasteiger partial charge in [-0.25, -0.2) is 4.79 Å². The van der Waals surface area contributed by atoms with Crippen LogP contribution in [0.4, 0.5) is 23.7 Å². The molecule has 1 aromatic carbocycles. The molecule has 2 aliphatic rings. The highest BCUT2D eigenvalue weighted by molar-refractivity contribution is 6.20. The molecule has 3 atom stereocenters. The smallest absolute Gasteiger partial charge is 0.417 e. The molecule has 0 spiro atoms. The fourth-order valence-electron chi connectivity index (χ4n) is 5.59. The predicted octanol–water partition coefficient (Wildman–Crippen LogP) is 4.77. The Labute approximate surface area is 272 Å². The number of alkyl halides is 4. The van der Waals surface area contributed by atoms with Crippen LogP contribution in [0.5, 0.6) is 5.75 Å². The van der Waals surface area contributed by atoms with E-state index in [4.69, 9.17) is 21.1 Å². The van der Waals surface area contributed by atoms with Crippen molar-refractivity contribution in [2.75, 3.05) is 37.7 Å². The number of anilines is 1. The van der Waals surface area contributed by atoms with Gasteiger partial charge in [0.25, 0.3) is 11.8 Å². The van der Waals surface area contributed by atoms with E-state index in [1.165, 1.54) is 21.6 Å². The van der Waals surface area contributed by atoms with Gasteiger partial charge in [-0.1, -0.05) is 32.4 Å². The predicted molar refractivity (Wildman–Crippen MR) is 165 cm³/mol. The molecule has 1 unspecified atom stereocenters. The van der Waals surface area contributed by atoms with Gasteiger partial charge in [0.1, 0.15) is 5.75 Å². The van der Waals surface area contributed by atoms with Gasteiger partial charge >= 0.3 is 12.3 Å². The lowest BCUT2D eigenvalue weighted by atomic mass is 9.94. The summed E-state index contributed by atoms with van der Waals surface area (Å²) >= 11 is 6.13. The van der Waals surface area contributed by atoms with Gasteiger partial charge in [0.15, 0.2) is 11.2 Å². The SMILES string of the molecule is CCC(=O)NCCN1C(=O)[C@](C)(CCO)Oc2cc(C(F)(F)F)c(C(=O)N(C(C)C)[C@@H]3CCCN(C(=O)OC(Cl)C(C)C)C3)cc21. The van der Waals surface area contributed by atoms with Gasteiger partial charge in [-0.3, -0.25) is 14.4 Å². The number of aliphatic hydroxyl groups is 1. The van der Waals surface area contributed by atoms with Crippen LogP contribution in [0.15, 0.2) is 12.1 Å². The number of fused-ring (bicyclic) bond motifs is 1. The van der Waals surface area contributed by atoms with Crippen LogP contribution in [0.2, 0.25) is 0 Å². The zero-order chi connectivity index (χ0) is 34.6. The summed E-state index contributed by atoms with van der Waals surface area (Å²) in [4.78, 5) is 56.4. The molecule has 1 fully saturated rings. The minimum absolute atomic E-state index is 0.0105. The number of hydrogen-bond donors (Lipinski definition) is 2. The molecule has 1 aromatic rings. The molecule has 0 radical (unpaired) electrons. The molecule has 11 nitrogen and oxygen atoms in total. The molecule has 2 heterocycles. The third kappa shape index (κ3) is 8.36. The number of ether oxygens (including phenoxy) is 2. The molecule has 0 aromatic heterocycles. The summed E-state index contributed by atoms with van der Waals surface area (Å²) in [7, 11) is 0. The number of likely N-dealkylation sites (tertiary alicyclic amines) is 1. The Bertz CT molecular complexity index is 1300. The van der Waals surface area contributed by atoms with E-state index in [1.807, 2.05) is 0 Å². The lowest BCUT2D eigenvalue weighted by molar-refractivity contribution is -0.138. The maximum absolute atomic E-state index is 14.6. The molecule has 2 N–H and O–H groups in total. The molecule has 3 rings (SSSR count). The highest BCUT2D eigenvalue weighted by Gasteiger charge is 2.47. The first-order valence-corrected chi connectivity index (χ1v) is 15.9. The summed E-state index contributed by atoms with van der Waals surface area (Å²) in [5.41, 5.74) is -4.57. The molecule has 258 valence electrons. The third-order valence-corrected chi connectivity index (χ3v) is 8.70. The number of carbonyl (C=O) groups is 4. The van der Waals surface area contributed by atoms with E-state index in [2.05, 4.69) is 5.32 Å². The number of nitrogens with one attached hydrogen (secondary N) is 1. The minimum Gasteiger partial charge on any atom is -0.475 e. The highest BCUT2D eigenvalue weighted by Crippen LogP contribution is 2.45. The summed E-state index contributed by atoms with van der Waals surface area (Å²) in [6.07, 6.45) is -4.76. The quantitative estimate of drug-likeness (QED) is 0.323. The van der Waals surface area contributed by atoms with Gasteiger partial charge in [0, 0.05) is 57.6 Å². The molecule has 0 aliphatic carbocycles. The van der Waals surface area contributed by atoms with Gasteiger partial charge in [0.05, 0.1) is 22.9 Å². The highest BCUT2D eigenvalue weighted by atomic mass is 35.5. The van der Waals surface area contributed by atoms with Crippen LogP contribution in [-0.4, -0.2) is 94.8 Å². The molecule has 15 heteroatoms. The van der Waals surface area contributed by atoms with E-state index in [0.29, 0.717) is 25.5 Å². The van der Waals surface area contributed by atoms with Crippen LogP contribution in [0.1, 0.15) is 83.1 Å². The summed E-state index contributed by atoms with van der Waals surface area (Å²) in [6, 6.07) is 0.513. The van der Waals surface area contributed by atoms with E-state index in [0.717, 1.165) is 6.07 Å². The van der Waals surface area contributed by atoms with Crippen LogP contribution in [0, 0.1) is 5.92 Å². The largest absolute Gasteiger partial charge is 0.475 e. The lowest BCUT2D eigenvalue weighted by Crippen LogP contribution is -2.56.